The van der Waals surface area contributed by atoms with Crippen molar-refractivity contribution in [3.63, 3.8) is 0 Å². The number of hydrogen-bond donors (Lipinski definition) is 4. The number of rotatable bonds is 12. The van der Waals surface area contributed by atoms with Gasteiger partial charge in [0.2, 0.25) is 0 Å². The molecule has 2 aromatic carbocycles. The molecule has 0 aliphatic heterocycles. The van der Waals surface area contributed by atoms with Gasteiger partial charge in [-0.15, -0.1) is 5.53 Å². The second kappa shape index (κ2) is 14.6. The van der Waals surface area contributed by atoms with E-state index in [2.05, 4.69) is 28.6 Å². The molecule has 9 nitrogen and oxygen atoms in total. The molecule has 0 aliphatic carbocycles. The molecule has 35 heavy (non-hydrogen) atoms. The highest BCUT2D eigenvalue weighted by molar-refractivity contribution is 5.93. The van der Waals surface area contributed by atoms with Gasteiger partial charge in [0, 0.05) is 13.1 Å². The predicted molar refractivity (Wildman–Crippen MR) is 136 cm³/mol. The van der Waals surface area contributed by atoms with Crippen LogP contribution >= 0.6 is 0 Å². The Bertz CT molecular complexity index is 947. The molecular weight excluding hydrogens is 446 g/mol. The lowest BCUT2D eigenvalue weighted by molar-refractivity contribution is -0.144. The molecule has 0 radical (unpaired) electrons. The normalized spacial score (nSPS) is 11.3. The number of benzene rings is 2. The minimum absolute atomic E-state index is 0.146. The molecule has 0 fully saturated rings. The fourth-order valence-corrected chi connectivity index (χ4v) is 3.34. The third kappa shape index (κ3) is 9.66. The summed E-state index contributed by atoms with van der Waals surface area (Å²) in [4.78, 5) is 38.4. The van der Waals surface area contributed by atoms with Gasteiger partial charge in [-0.3, -0.25) is 10.2 Å². The van der Waals surface area contributed by atoms with Gasteiger partial charge in [-0.1, -0.05) is 68.7 Å². The molecule has 9 heteroatoms. The van der Waals surface area contributed by atoms with Gasteiger partial charge in [-0.25, -0.2) is 14.5 Å². The zero-order chi connectivity index (χ0) is 25.6. The van der Waals surface area contributed by atoms with Crippen molar-refractivity contribution < 1.29 is 19.1 Å². The van der Waals surface area contributed by atoms with Gasteiger partial charge in [0.1, 0.15) is 0 Å². The van der Waals surface area contributed by atoms with Gasteiger partial charge >= 0.3 is 18.0 Å². The average Bonchev–Trinajstić information content (AvgIpc) is 2.87. The summed E-state index contributed by atoms with van der Waals surface area (Å²) in [6, 6.07) is 14.2. The number of unbranched alkanes of at least 4 members (excludes halogenated alkanes) is 2. The van der Waals surface area contributed by atoms with E-state index in [0.29, 0.717) is 0 Å². The van der Waals surface area contributed by atoms with E-state index < -0.39 is 23.9 Å². The largest absolute Gasteiger partial charge is 0.469 e. The Labute approximate surface area is 207 Å². The monoisotopic (exact) mass is 483 g/mol. The van der Waals surface area contributed by atoms with Crippen molar-refractivity contribution in [2.24, 2.45) is 5.92 Å². The molecule has 0 bridgehead atoms. The highest BCUT2D eigenvalue weighted by atomic mass is 16.5. The number of carbonyl (C=O) groups is 3. The number of anilines is 1. The Kier molecular flexibility index (Phi) is 11.6. The zero-order valence-corrected chi connectivity index (χ0v) is 21.0. The van der Waals surface area contributed by atoms with E-state index >= 15 is 0 Å². The molecule has 0 aromatic heterocycles. The number of urea groups is 2. The average molecular weight is 484 g/mol. The third-order valence-electron chi connectivity index (χ3n) is 5.51. The minimum Gasteiger partial charge on any atom is -0.469 e. The molecule has 0 aliphatic rings. The van der Waals surface area contributed by atoms with Crippen LogP contribution in [-0.4, -0.2) is 36.6 Å². The molecule has 2 rings (SSSR count). The van der Waals surface area contributed by atoms with Crippen LogP contribution in [0.15, 0.2) is 48.5 Å². The molecule has 0 heterocycles. The van der Waals surface area contributed by atoms with Crippen LogP contribution in [0.1, 0.15) is 49.8 Å². The standard InChI is InChI=1S/C26H37N5O4/c1-5-6-7-8-21-13-15-23(16-14-21)28-30-29-26(34)31(18-20(3)24(32)35-4)25(33)27-17-22-11-9-19(2)10-12-22/h9-16,20,28,30H,5-8,17-18H2,1-4H3,(H,27,33)(H,29,34)/t20-/m0/s1. The summed E-state index contributed by atoms with van der Waals surface area (Å²) in [5, 5.41) is 2.72. The summed E-state index contributed by atoms with van der Waals surface area (Å²) < 4.78 is 4.74. The number of carbonyl (C=O) groups excluding carboxylic acids is 3. The van der Waals surface area contributed by atoms with Gasteiger partial charge in [0.05, 0.1) is 18.7 Å². The van der Waals surface area contributed by atoms with Gasteiger partial charge < -0.3 is 15.5 Å². The van der Waals surface area contributed by atoms with E-state index in [4.69, 9.17) is 4.74 Å². The molecule has 4 N–H and O–H groups in total. The number of aryl methyl sites for hydroxylation is 2. The number of hydrogen-bond acceptors (Lipinski definition) is 6. The van der Waals surface area contributed by atoms with E-state index in [1.165, 1.54) is 25.5 Å². The Balaban J connectivity index is 1.93. The summed E-state index contributed by atoms with van der Waals surface area (Å²) in [5.41, 5.74) is 12.0. The van der Waals surface area contributed by atoms with Gasteiger partial charge in [0.25, 0.3) is 0 Å². The first-order valence-electron chi connectivity index (χ1n) is 11.9. The van der Waals surface area contributed by atoms with Crippen molar-refractivity contribution in [2.75, 3.05) is 19.1 Å². The molecule has 2 aromatic rings. The molecule has 0 unspecified atom stereocenters. The molecule has 0 saturated heterocycles. The highest BCUT2D eigenvalue weighted by Crippen LogP contribution is 2.11. The first-order valence-corrected chi connectivity index (χ1v) is 11.9. The van der Waals surface area contributed by atoms with Crippen LogP contribution in [-0.2, 0) is 22.5 Å². The van der Waals surface area contributed by atoms with E-state index in [1.54, 1.807) is 6.92 Å². The second-order valence-electron chi connectivity index (χ2n) is 8.51. The Morgan fingerprint density at radius 1 is 0.943 bits per heavy atom. The van der Waals surface area contributed by atoms with Crippen LogP contribution < -0.4 is 21.7 Å². The SMILES string of the molecule is CCCCCc1ccc(NNNC(=O)N(C[C@H](C)C(=O)OC)C(=O)NCc2ccc(C)cc2)cc1. The molecule has 190 valence electrons. The van der Waals surface area contributed by atoms with Crippen molar-refractivity contribution in [2.45, 2.75) is 53.0 Å². The summed E-state index contributed by atoms with van der Waals surface area (Å²) in [7, 11) is 1.27. The summed E-state index contributed by atoms with van der Waals surface area (Å²) in [6.07, 6.45) is 4.58. The highest BCUT2D eigenvalue weighted by Gasteiger charge is 2.26. The number of ether oxygens (including phenoxy) is 1. The summed E-state index contributed by atoms with van der Waals surface area (Å²) in [6.45, 7) is 5.84. The lowest BCUT2D eigenvalue weighted by Gasteiger charge is -2.24. The van der Waals surface area contributed by atoms with Crippen LogP contribution in [0.5, 0.6) is 0 Å². The van der Waals surface area contributed by atoms with Crippen LogP contribution in [0.3, 0.4) is 0 Å². The van der Waals surface area contributed by atoms with Gasteiger partial charge in [-0.05, 0) is 43.0 Å². The first kappa shape index (κ1) is 27.7. The summed E-state index contributed by atoms with van der Waals surface area (Å²) in [5.74, 6) is -1.21. The molecule has 0 spiro atoms. The third-order valence-corrected chi connectivity index (χ3v) is 5.51. The molecule has 4 amide bonds. The molecular formula is C26H37N5O4. The Morgan fingerprint density at radius 2 is 1.60 bits per heavy atom. The number of methoxy groups -OCH3 is 1. The van der Waals surface area contributed by atoms with Gasteiger partial charge in [0.15, 0.2) is 0 Å². The first-order chi connectivity index (χ1) is 16.8. The Morgan fingerprint density at radius 3 is 2.23 bits per heavy atom. The lowest BCUT2D eigenvalue weighted by atomic mass is 10.1. The fourth-order valence-electron chi connectivity index (χ4n) is 3.34. The number of nitrogens with one attached hydrogen (secondary N) is 4. The number of esters is 1. The van der Waals surface area contributed by atoms with Crippen molar-refractivity contribution in [1.82, 2.24) is 21.2 Å². The topological polar surface area (TPSA) is 112 Å². The maximum Gasteiger partial charge on any atom is 0.341 e. The maximum atomic E-state index is 12.8. The number of amides is 4. The van der Waals surface area contributed by atoms with Crippen LogP contribution in [0.25, 0.3) is 0 Å². The van der Waals surface area contributed by atoms with E-state index in [1.807, 2.05) is 55.5 Å². The molecule has 1 atom stereocenters. The van der Waals surface area contributed by atoms with Crippen LogP contribution in [0, 0.1) is 12.8 Å². The minimum atomic E-state index is -0.717. The maximum absolute atomic E-state index is 12.8. The van der Waals surface area contributed by atoms with E-state index in [9.17, 15) is 14.4 Å². The molecule has 0 saturated carbocycles. The number of imide groups is 1. The number of hydrazine groups is 2. The quantitative estimate of drug-likeness (QED) is 0.204. The van der Waals surface area contributed by atoms with Crippen molar-refractivity contribution in [3.05, 3.63) is 65.2 Å². The van der Waals surface area contributed by atoms with E-state index in [-0.39, 0.29) is 13.1 Å². The summed E-state index contributed by atoms with van der Waals surface area (Å²) >= 11 is 0. The van der Waals surface area contributed by atoms with Crippen LogP contribution in [0.2, 0.25) is 0 Å². The number of nitrogens with zero attached hydrogens (tertiary/aromatic N) is 1. The van der Waals surface area contributed by atoms with Crippen molar-refractivity contribution >= 4 is 23.7 Å². The Hall–Kier alpha value is -3.59. The smallest absolute Gasteiger partial charge is 0.341 e. The van der Waals surface area contributed by atoms with Crippen molar-refractivity contribution in [1.29, 1.82) is 0 Å². The zero-order valence-electron chi connectivity index (χ0n) is 21.0. The van der Waals surface area contributed by atoms with Gasteiger partial charge in [-0.2, -0.15) is 0 Å². The lowest BCUT2D eigenvalue weighted by Crippen LogP contribution is -2.54. The predicted octanol–water partition coefficient (Wildman–Crippen LogP) is 4.29. The van der Waals surface area contributed by atoms with Crippen molar-refractivity contribution in [3.8, 4) is 0 Å². The second-order valence-corrected chi connectivity index (χ2v) is 8.51. The van der Waals surface area contributed by atoms with Crippen LogP contribution in [0.4, 0.5) is 15.3 Å². The van der Waals surface area contributed by atoms with E-state index in [0.717, 1.165) is 34.6 Å². The fraction of sp³-hybridized carbons (Fsp3) is 0.423.